The molecule has 8 heteroatoms. The molecule has 0 spiro atoms. The lowest BCUT2D eigenvalue weighted by Gasteiger charge is -2.12. The number of aromatic nitrogens is 5. The van der Waals surface area contributed by atoms with Crippen LogP contribution in [0.3, 0.4) is 0 Å². The molecule has 0 unspecified atom stereocenters. The van der Waals surface area contributed by atoms with Crippen molar-refractivity contribution in [2.45, 2.75) is 20.4 Å². The van der Waals surface area contributed by atoms with Gasteiger partial charge in [0.05, 0.1) is 35.3 Å². The molecular formula is C21H22N6O2. The van der Waals surface area contributed by atoms with Gasteiger partial charge in [-0.3, -0.25) is 4.68 Å². The maximum atomic E-state index is 12.5. The van der Waals surface area contributed by atoms with E-state index in [9.17, 15) is 4.79 Å². The molecule has 0 saturated carbocycles. The first-order valence-corrected chi connectivity index (χ1v) is 9.40. The zero-order valence-corrected chi connectivity index (χ0v) is 16.6. The first-order chi connectivity index (χ1) is 14.1. The normalized spacial score (nSPS) is 11.0. The lowest BCUT2D eigenvalue weighted by atomic mass is 10.1. The fraction of sp³-hybridized carbons (Fsp3) is 0.238. The molecule has 4 aromatic rings. The third kappa shape index (κ3) is 3.56. The van der Waals surface area contributed by atoms with Crippen molar-refractivity contribution in [2.24, 2.45) is 7.05 Å². The number of para-hydroxylation sites is 1. The number of hydrogen-bond donors (Lipinski definition) is 1. The Bertz CT molecular complexity index is 1160. The Labute approximate surface area is 168 Å². The van der Waals surface area contributed by atoms with E-state index in [1.165, 1.54) is 6.20 Å². The van der Waals surface area contributed by atoms with Gasteiger partial charge in [-0.1, -0.05) is 18.2 Å². The number of pyridine rings is 1. The van der Waals surface area contributed by atoms with Gasteiger partial charge in [-0.2, -0.15) is 10.2 Å². The molecule has 0 radical (unpaired) electrons. The van der Waals surface area contributed by atoms with Crippen LogP contribution in [0, 0.1) is 6.92 Å². The second-order valence-electron chi connectivity index (χ2n) is 6.66. The highest BCUT2D eigenvalue weighted by Gasteiger charge is 2.20. The van der Waals surface area contributed by atoms with Crippen molar-refractivity contribution in [1.82, 2.24) is 24.5 Å². The van der Waals surface area contributed by atoms with Crippen molar-refractivity contribution in [3.05, 3.63) is 65.7 Å². The van der Waals surface area contributed by atoms with Gasteiger partial charge >= 0.3 is 5.97 Å². The zero-order valence-electron chi connectivity index (χ0n) is 16.6. The summed E-state index contributed by atoms with van der Waals surface area (Å²) in [6, 6.07) is 9.90. The van der Waals surface area contributed by atoms with Gasteiger partial charge in [-0.15, -0.1) is 0 Å². The summed E-state index contributed by atoms with van der Waals surface area (Å²) < 4.78 is 8.74. The van der Waals surface area contributed by atoms with Crippen molar-refractivity contribution in [3.8, 4) is 5.69 Å². The number of nitrogens with one attached hydrogen (secondary N) is 1. The van der Waals surface area contributed by atoms with Crippen molar-refractivity contribution in [1.29, 1.82) is 0 Å². The van der Waals surface area contributed by atoms with Gasteiger partial charge in [0.2, 0.25) is 0 Å². The molecular weight excluding hydrogens is 368 g/mol. The summed E-state index contributed by atoms with van der Waals surface area (Å²) in [5, 5.41) is 13.1. The topological polar surface area (TPSA) is 86.9 Å². The summed E-state index contributed by atoms with van der Waals surface area (Å²) in [5.41, 5.74) is 4.54. The Balaban J connectivity index is 1.67. The summed E-state index contributed by atoms with van der Waals surface area (Å²) in [6.45, 7) is 4.47. The van der Waals surface area contributed by atoms with Crippen LogP contribution >= 0.6 is 0 Å². The Morgan fingerprint density at radius 3 is 2.76 bits per heavy atom. The Morgan fingerprint density at radius 2 is 2.00 bits per heavy atom. The average molecular weight is 390 g/mol. The van der Waals surface area contributed by atoms with E-state index in [1.54, 1.807) is 17.8 Å². The molecule has 0 fully saturated rings. The van der Waals surface area contributed by atoms with Gasteiger partial charge in [0.1, 0.15) is 5.56 Å². The molecule has 0 atom stereocenters. The molecule has 3 heterocycles. The van der Waals surface area contributed by atoms with Crippen molar-refractivity contribution < 1.29 is 9.53 Å². The van der Waals surface area contributed by atoms with Crippen molar-refractivity contribution >= 4 is 22.7 Å². The average Bonchev–Trinajstić information content (AvgIpc) is 3.32. The highest BCUT2D eigenvalue weighted by atomic mass is 16.5. The van der Waals surface area contributed by atoms with E-state index in [-0.39, 0.29) is 0 Å². The minimum absolute atomic E-state index is 0.298. The first-order valence-electron chi connectivity index (χ1n) is 9.40. The first kappa shape index (κ1) is 18.7. The molecule has 8 nitrogen and oxygen atoms in total. The third-order valence-corrected chi connectivity index (χ3v) is 4.65. The smallest absolute Gasteiger partial charge is 0.341 e. The van der Waals surface area contributed by atoms with Gasteiger partial charge in [-0.25, -0.2) is 14.5 Å². The SMILES string of the molecule is CCOC(=O)c1cnc2c(c(C)nn2C)c1NCc1cnn(-c2ccccc2)c1. The minimum atomic E-state index is -0.410. The maximum Gasteiger partial charge on any atom is 0.341 e. The molecule has 0 bridgehead atoms. The molecule has 29 heavy (non-hydrogen) atoms. The van der Waals surface area contributed by atoms with Crippen LogP contribution in [0.4, 0.5) is 5.69 Å². The van der Waals surface area contributed by atoms with Crippen molar-refractivity contribution in [3.63, 3.8) is 0 Å². The molecule has 0 aliphatic rings. The second-order valence-corrected chi connectivity index (χ2v) is 6.66. The van der Waals surface area contributed by atoms with E-state index in [0.717, 1.165) is 22.3 Å². The summed E-state index contributed by atoms with van der Waals surface area (Å²) in [6.07, 6.45) is 5.30. The van der Waals surface area contributed by atoms with Crippen LogP contribution in [-0.2, 0) is 18.3 Å². The number of carbonyl (C=O) groups is 1. The largest absolute Gasteiger partial charge is 0.462 e. The fourth-order valence-corrected chi connectivity index (χ4v) is 3.32. The summed E-state index contributed by atoms with van der Waals surface area (Å²) in [7, 11) is 1.83. The highest BCUT2D eigenvalue weighted by molar-refractivity contribution is 6.05. The van der Waals surface area contributed by atoms with E-state index < -0.39 is 5.97 Å². The van der Waals surface area contributed by atoms with Gasteiger partial charge < -0.3 is 10.1 Å². The molecule has 1 N–H and O–H groups in total. The predicted octanol–water partition coefficient (Wildman–Crippen LogP) is 3.25. The predicted molar refractivity (Wildman–Crippen MR) is 110 cm³/mol. The number of esters is 1. The summed E-state index contributed by atoms with van der Waals surface area (Å²) in [5.74, 6) is -0.410. The molecule has 0 aliphatic carbocycles. The highest BCUT2D eigenvalue weighted by Crippen LogP contribution is 2.29. The van der Waals surface area contributed by atoms with E-state index in [2.05, 4.69) is 20.5 Å². The molecule has 3 aromatic heterocycles. The number of nitrogens with zero attached hydrogens (tertiary/aromatic N) is 5. The standard InChI is InChI=1S/C21H22N6O2/c1-4-29-21(28)17-12-23-20-18(14(2)25-26(20)3)19(17)22-10-15-11-24-27(13-15)16-8-6-5-7-9-16/h5-9,11-13H,4,10H2,1-3H3,(H,22,23). The lowest BCUT2D eigenvalue weighted by molar-refractivity contribution is 0.0527. The maximum absolute atomic E-state index is 12.5. The number of hydrogen-bond acceptors (Lipinski definition) is 6. The van der Waals surface area contributed by atoms with Crippen LogP contribution in [0.25, 0.3) is 16.7 Å². The van der Waals surface area contributed by atoms with E-state index in [4.69, 9.17) is 4.74 Å². The molecule has 0 amide bonds. The van der Waals surface area contributed by atoms with E-state index in [0.29, 0.717) is 30.0 Å². The quantitative estimate of drug-likeness (QED) is 0.509. The molecule has 0 saturated heterocycles. The molecule has 148 valence electrons. The van der Waals surface area contributed by atoms with Gasteiger partial charge in [0.25, 0.3) is 0 Å². The van der Waals surface area contributed by atoms with Crippen LogP contribution in [0.5, 0.6) is 0 Å². The number of carbonyl (C=O) groups excluding carboxylic acids is 1. The van der Waals surface area contributed by atoms with Crippen molar-refractivity contribution in [2.75, 3.05) is 11.9 Å². The van der Waals surface area contributed by atoms with Crippen LogP contribution in [0.1, 0.15) is 28.5 Å². The number of anilines is 1. The van der Waals surface area contributed by atoms with Crippen LogP contribution in [0.2, 0.25) is 0 Å². The van der Waals surface area contributed by atoms with Crippen LogP contribution in [0.15, 0.2) is 48.9 Å². The Kier molecular flexibility index (Phi) is 4.99. The summed E-state index contributed by atoms with van der Waals surface area (Å²) in [4.78, 5) is 16.9. The monoisotopic (exact) mass is 390 g/mol. The summed E-state index contributed by atoms with van der Waals surface area (Å²) >= 11 is 0. The Hall–Kier alpha value is -3.68. The number of ether oxygens (including phenoxy) is 1. The minimum Gasteiger partial charge on any atom is -0.462 e. The zero-order chi connectivity index (χ0) is 20.4. The van der Waals surface area contributed by atoms with Gasteiger partial charge in [-0.05, 0) is 26.0 Å². The van der Waals surface area contributed by atoms with Crippen LogP contribution in [-0.4, -0.2) is 37.1 Å². The Morgan fingerprint density at radius 1 is 1.21 bits per heavy atom. The van der Waals surface area contributed by atoms with E-state index >= 15 is 0 Å². The number of fused-ring (bicyclic) bond motifs is 1. The van der Waals surface area contributed by atoms with Gasteiger partial charge in [0, 0.05) is 31.5 Å². The molecule has 0 aliphatic heterocycles. The van der Waals surface area contributed by atoms with Gasteiger partial charge in [0.15, 0.2) is 5.65 Å². The number of aryl methyl sites for hydroxylation is 2. The number of rotatable bonds is 6. The molecule has 4 rings (SSSR count). The fourth-order valence-electron chi connectivity index (χ4n) is 3.32. The lowest BCUT2D eigenvalue weighted by Crippen LogP contribution is -2.11. The molecule has 1 aromatic carbocycles. The van der Waals surface area contributed by atoms with E-state index in [1.807, 2.05) is 55.2 Å². The number of benzene rings is 1. The second kappa shape index (κ2) is 7.75. The third-order valence-electron chi connectivity index (χ3n) is 4.65. The van der Waals surface area contributed by atoms with Crippen LogP contribution < -0.4 is 5.32 Å².